The van der Waals surface area contributed by atoms with Crippen LogP contribution in [0.5, 0.6) is 0 Å². The number of esters is 3. The molecule has 1 atom stereocenters. The van der Waals surface area contributed by atoms with Crippen molar-refractivity contribution in [3.05, 3.63) is 0 Å². The van der Waals surface area contributed by atoms with Gasteiger partial charge in [0, 0.05) is 19.8 Å². The van der Waals surface area contributed by atoms with Crippen molar-refractivity contribution < 1.29 is 28.6 Å². The molecule has 0 fully saturated rings. The molecule has 0 heterocycles. The van der Waals surface area contributed by atoms with Gasteiger partial charge in [0.2, 0.25) is 0 Å². The molecule has 0 aliphatic heterocycles. The summed E-state index contributed by atoms with van der Waals surface area (Å²) in [6.45, 7) is 5.66. The first-order chi connectivity index (χ1) is 21.0. The van der Waals surface area contributed by atoms with Gasteiger partial charge in [0.15, 0.2) is 6.10 Å². The fourth-order valence-corrected chi connectivity index (χ4v) is 5.40. The van der Waals surface area contributed by atoms with Crippen LogP contribution in [0.15, 0.2) is 0 Å². The van der Waals surface area contributed by atoms with Crippen LogP contribution >= 0.6 is 0 Å². The number of hydrogen-bond donors (Lipinski definition) is 0. The average molecular weight is 611 g/mol. The minimum absolute atomic E-state index is 0.0745. The largest absolute Gasteiger partial charge is 0.462 e. The molecule has 0 amide bonds. The molecule has 0 aliphatic rings. The van der Waals surface area contributed by atoms with Crippen LogP contribution in [0.1, 0.15) is 201 Å². The Hall–Kier alpha value is -1.59. The topological polar surface area (TPSA) is 78.9 Å². The van der Waals surface area contributed by atoms with E-state index in [2.05, 4.69) is 13.8 Å². The minimum atomic E-state index is -0.756. The summed E-state index contributed by atoms with van der Waals surface area (Å²) in [6.07, 6.45) is 32.5. The number of carbonyl (C=O) groups excluding carboxylic acids is 3. The van der Waals surface area contributed by atoms with E-state index in [0.29, 0.717) is 12.8 Å². The third-order valence-corrected chi connectivity index (χ3v) is 8.17. The van der Waals surface area contributed by atoms with Crippen molar-refractivity contribution in [1.29, 1.82) is 0 Å². The highest BCUT2D eigenvalue weighted by Crippen LogP contribution is 2.15. The zero-order valence-electron chi connectivity index (χ0n) is 28.7. The standard InChI is InChI=1S/C37H70O6/c1-4-6-8-10-12-14-16-18-20-22-24-26-28-30-36(39)42-33-35(32-41-34(3)38)43-37(40)31-29-27-25-23-21-19-17-15-13-11-9-7-5-2/h35H,4-33H2,1-3H3/t35-/m0/s1. The van der Waals surface area contributed by atoms with E-state index in [4.69, 9.17) is 14.2 Å². The van der Waals surface area contributed by atoms with E-state index in [0.717, 1.165) is 38.5 Å². The normalized spacial score (nSPS) is 11.8. The minimum Gasteiger partial charge on any atom is -0.462 e. The fourth-order valence-electron chi connectivity index (χ4n) is 5.40. The van der Waals surface area contributed by atoms with Crippen LogP contribution in [-0.4, -0.2) is 37.2 Å². The lowest BCUT2D eigenvalue weighted by Gasteiger charge is -2.18. The van der Waals surface area contributed by atoms with Gasteiger partial charge < -0.3 is 14.2 Å². The van der Waals surface area contributed by atoms with E-state index < -0.39 is 12.1 Å². The molecule has 43 heavy (non-hydrogen) atoms. The number of carbonyl (C=O) groups is 3. The monoisotopic (exact) mass is 611 g/mol. The molecule has 6 nitrogen and oxygen atoms in total. The highest BCUT2D eigenvalue weighted by molar-refractivity contribution is 5.70. The Morgan fingerprint density at radius 1 is 0.419 bits per heavy atom. The van der Waals surface area contributed by atoms with Crippen LogP contribution in [0.2, 0.25) is 0 Å². The van der Waals surface area contributed by atoms with Gasteiger partial charge in [-0.15, -0.1) is 0 Å². The molecule has 0 unspecified atom stereocenters. The van der Waals surface area contributed by atoms with Gasteiger partial charge >= 0.3 is 17.9 Å². The molecule has 0 aromatic carbocycles. The van der Waals surface area contributed by atoms with E-state index in [1.807, 2.05) is 0 Å². The van der Waals surface area contributed by atoms with Crippen molar-refractivity contribution in [3.8, 4) is 0 Å². The Morgan fingerprint density at radius 2 is 0.721 bits per heavy atom. The molecule has 0 aromatic heterocycles. The van der Waals surface area contributed by atoms with Crippen LogP contribution < -0.4 is 0 Å². The zero-order chi connectivity index (χ0) is 31.6. The summed E-state index contributed by atoms with van der Waals surface area (Å²) in [4.78, 5) is 35.8. The summed E-state index contributed by atoms with van der Waals surface area (Å²) in [5, 5.41) is 0. The van der Waals surface area contributed by atoms with Gasteiger partial charge in [-0.3, -0.25) is 14.4 Å². The first-order valence-electron chi connectivity index (χ1n) is 18.5. The van der Waals surface area contributed by atoms with Crippen LogP contribution in [0.3, 0.4) is 0 Å². The third-order valence-electron chi connectivity index (χ3n) is 8.17. The van der Waals surface area contributed by atoms with Crippen LogP contribution in [0, 0.1) is 0 Å². The maximum atomic E-state index is 12.3. The molecule has 0 spiro atoms. The average Bonchev–Trinajstić information content (AvgIpc) is 2.99. The van der Waals surface area contributed by atoms with Crippen molar-refractivity contribution in [2.45, 2.75) is 207 Å². The fraction of sp³-hybridized carbons (Fsp3) is 0.919. The second kappa shape index (κ2) is 33.3. The number of rotatable bonds is 33. The Balaban J connectivity index is 3.84. The van der Waals surface area contributed by atoms with Gasteiger partial charge in [-0.05, 0) is 12.8 Å². The lowest BCUT2D eigenvalue weighted by molar-refractivity contribution is -0.166. The van der Waals surface area contributed by atoms with Crippen LogP contribution in [0.4, 0.5) is 0 Å². The van der Waals surface area contributed by atoms with Crippen molar-refractivity contribution in [3.63, 3.8) is 0 Å². The van der Waals surface area contributed by atoms with Gasteiger partial charge in [0.25, 0.3) is 0 Å². The third kappa shape index (κ3) is 33.1. The van der Waals surface area contributed by atoms with E-state index in [1.54, 1.807) is 0 Å². The number of ether oxygens (including phenoxy) is 3. The summed E-state index contributed by atoms with van der Waals surface area (Å²) in [7, 11) is 0. The quantitative estimate of drug-likeness (QED) is 0.0418. The molecular formula is C37H70O6. The summed E-state index contributed by atoms with van der Waals surface area (Å²) in [5.74, 6) is -1.06. The van der Waals surface area contributed by atoms with E-state index >= 15 is 0 Å². The second-order valence-electron chi connectivity index (χ2n) is 12.6. The smallest absolute Gasteiger partial charge is 0.306 e. The maximum Gasteiger partial charge on any atom is 0.306 e. The lowest BCUT2D eigenvalue weighted by Crippen LogP contribution is -2.30. The molecule has 0 aromatic rings. The Kier molecular flexibility index (Phi) is 32.1. The maximum absolute atomic E-state index is 12.3. The molecule has 6 heteroatoms. The van der Waals surface area contributed by atoms with Gasteiger partial charge in [-0.2, -0.15) is 0 Å². The van der Waals surface area contributed by atoms with Gasteiger partial charge in [0.1, 0.15) is 13.2 Å². The first-order valence-corrected chi connectivity index (χ1v) is 18.5. The molecule has 0 N–H and O–H groups in total. The summed E-state index contributed by atoms with van der Waals surface area (Å²) < 4.78 is 15.9. The van der Waals surface area contributed by atoms with E-state index in [-0.39, 0.29) is 25.2 Å². The molecule has 0 bridgehead atoms. The molecule has 0 radical (unpaired) electrons. The van der Waals surface area contributed by atoms with Crippen molar-refractivity contribution in [2.75, 3.05) is 13.2 Å². The van der Waals surface area contributed by atoms with Crippen molar-refractivity contribution in [2.24, 2.45) is 0 Å². The predicted octanol–water partition coefficient (Wildman–Crippen LogP) is 11.0. The number of hydrogen-bond acceptors (Lipinski definition) is 6. The van der Waals surface area contributed by atoms with Crippen molar-refractivity contribution >= 4 is 17.9 Å². The Morgan fingerprint density at radius 3 is 1.07 bits per heavy atom. The molecule has 254 valence electrons. The number of unbranched alkanes of at least 4 members (excludes halogenated alkanes) is 24. The molecule has 0 aliphatic carbocycles. The van der Waals surface area contributed by atoms with Crippen molar-refractivity contribution in [1.82, 2.24) is 0 Å². The molecule has 0 saturated heterocycles. The van der Waals surface area contributed by atoms with Gasteiger partial charge in [-0.1, -0.05) is 168 Å². The summed E-state index contributed by atoms with van der Waals surface area (Å²) >= 11 is 0. The second-order valence-corrected chi connectivity index (χ2v) is 12.6. The SMILES string of the molecule is CCCCCCCCCCCCCCCC(=O)OC[C@H](COC(C)=O)OC(=O)CCCCCCCCCCCCCCC. The highest BCUT2D eigenvalue weighted by Gasteiger charge is 2.18. The van der Waals surface area contributed by atoms with E-state index in [1.165, 1.54) is 135 Å². The van der Waals surface area contributed by atoms with Crippen LogP contribution in [-0.2, 0) is 28.6 Å². The Bertz CT molecular complexity index is 635. The summed E-state index contributed by atoms with van der Waals surface area (Å²) in [5.41, 5.74) is 0. The van der Waals surface area contributed by atoms with E-state index in [9.17, 15) is 14.4 Å². The first kappa shape index (κ1) is 41.4. The summed E-state index contributed by atoms with van der Waals surface area (Å²) in [6, 6.07) is 0. The van der Waals surface area contributed by atoms with Gasteiger partial charge in [-0.25, -0.2) is 0 Å². The van der Waals surface area contributed by atoms with Gasteiger partial charge in [0.05, 0.1) is 0 Å². The molecular weight excluding hydrogens is 540 g/mol. The zero-order valence-corrected chi connectivity index (χ0v) is 28.7. The molecule has 0 saturated carbocycles. The highest BCUT2D eigenvalue weighted by atomic mass is 16.6. The lowest BCUT2D eigenvalue weighted by atomic mass is 10.0. The van der Waals surface area contributed by atoms with Crippen LogP contribution in [0.25, 0.3) is 0 Å². The molecule has 0 rings (SSSR count). The Labute approximate surface area is 266 Å². The predicted molar refractivity (Wildman–Crippen MR) is 178 cm³/mol.